The van der Waals surface area contributed by atoms with E-state index in [9.17, 15) is 4.79 Å². The molecule has 0 bridgehead atoms. The van der Waals surface area contributed by atoms with Gasteiger partial charge in [0.2, 0.25) is 0 Å². The van der Waals surface area contributed by atoms with Crippen LogP contribution in [0.1, 0.15) is 53.1 Å². The molecule has 0 radical (unpaired) electrons. The monoisotopic (exact) mass is 308 g/mol. The van der Waals surface area contributed by atoms with Crippen molar-refractivity contribution in [3.05, 3.63) is 34.9 Å². The zero-order valence-corrected chi connectivity index (χ0v) is 13.5. The minimum Gasteiger partial charge on any atom is -0.339 e. The van der Waals surface area contributed by atoms with Crippen LogP contribution in [0.3, 0.4) is 0 Å². The molecule has 2 fully saturated rings. The first-order valence-electron chi connectivity index (χ1n) is 7.86. The van der Waals surface area contributed by atoms with Gasteiger partial charge in [-0.25, -0.2) is 0 Å². The summed E-state index contributed by atoms with van der Waals surface area (Å²) in [6, 6.07) is 6.28. The third-order valence-corrected chi connectivity index (χ3v) is 4.70. The lowest BCUT2D eigenvalue weighted by Crippen LogP contribution is -2.29. The number of likely N-dealkylation sites (tertiary alicyclic amines) is 1. The second kappa shape index (κ2) is 7.28. The number of nitrogens with zero attached hydrogens (tertiary/aromatic N) is 1. The van der Waals surface area contributed by atoms with Crippen LogP contribution in [-0.2, 0) is 0 Å². The van der Waals surface area contributed by atoms with E-state index in [1.165, 1.54) is 24.0 Å². The van der Waals surface area contributed by atoms with E-state index in [-0.39, 0.29) is 18.3 Å². The summed E-state index contributed by atoms with van der Waals surface area (Å²) in [5.74, 6) is 0.834. The Morgan fingerprint density at radius 1 is 1.19 bits per heavy atom. The minimum absolute atomic E-state index is 0. The number of rotatable bonds is 2. The van der Waals surface area contributed by atoms with Crippen molar-refractivity contribution in [2.75, 3.05) is 26.2 Å². The molecule has 0 saturated carbocycles. The van der Waals surface area contributed by atoms with Crippen molar-refractivity contribution < 1.29 is 4.79 Å². The van der Waals surface area contributed by atoms with Gasteiger partial charge >= 0.3 is 0 Å². The van der Waals surface area contributed by atoms with E-state index in [4.69, 9.17) is 0 Å². The van der Waals surface area contributed by atoms with E-state index in [0.717, 1.165) is 44.6 Å². The number of halogens is 1. The lowest BCUT2D eigenvalue weighted by Gasteiger charge is -2.25. The van der Waals surface area contributed by atoms with Gasteiger partial charge in [-0.2, -0.15) is 0 Å². The van der Waals surface area contributed by atoms with E-state index in [2.05, 4.69) is 24.4 Å². The molecule has 2 aliphatic heterocycles. The molecular weight excluding hydrogens is 284 g/mol. The largest absolute Gasteiger partial charge is 0.339 e. The van der Waals surface area contributed by atoms with Crippen LogP contribution in [0.25, 0.3) is 0 Å². The van der Waals surface area contributed by atoms with Crippen LogP contribution in [0.15, 0.2) is 18.2 Å². The number of hydrogen-bond donors (Lipinski definition) is 1. The molecule has 0 atom stereocenters. The van der Waals surface area contributed by atoms with E-state index < -0.39 is 0 Å². The maximum absolute atomic E-state index is 12.5. The Kier molecular flexibility index (Phi) is 5.65. The molecule has 3 nitrogen and oxygen atoms in total. The number of benzene rings is 1. The molecule has 116 valence electrons. The van der Waals surface area contributed by atoms with Crippen molar-refractivity contribution in [2.24, 2.45) is 0 Å². The third-order valence-electron chi connectivity index (χ3n) is 4.70. The number of amides is 1. The van der Waals surface area contributed by atoms with Crippen LogP contribution in [0.4, 0.5) is 0 Å². The maximum Gasteiger partial charge on any atom is 0.253 e. The summed E-state index contributed by atoms with van der Waals surface area (Å²) in [6.07, 6.45) is 4.67. The molecular formula is C17H25ClN2O. The Bertz CT molecular complexity index is 492. The van der Waals surface area contributed by atoms with Gasteiger partial charge in [-0.3, -0.25) is 4.79 Å². The van der Waals surface area contributed by atoms with Crippen molar-refractivity contribution in [2.45, 2.75) is 38.5 Å². The van der Waals surface area contributed by atoms with Gasteiger partial charge in [0.15, 0.2) is 0 Å². The molecule has 0 aromatic heterocycles. The number of aryl methyl sites for hydroxylation is 1. The molecule has 3 rings (SSSR count). The summed E-state index contributed by atoms with van der Waals surface area (Å²) in [5, 5.41) is 3.41. The summed E-state index contributed by atoms with van der Waals surface area (Å²) in [6.45, 7) is 6.20. The fourth-order valence-corrected chi connectivity index (χ4v) is 3.45. The quantitative estimate of drug-likeness (QED) is 0.910. The predicted molar refractivity (Wildman–Crippen MR) is 88.4 cm³/mol. The van der Waals surface area contributed by atoms with Gasteiger partial charge in [0.1, 0.15) is 0 Å². The Balaban J connectivity index is 0.00000161. The molecule has 21 heavy (non-hydrogen) atoms. The molecule has 0 spiro atoms. The zero-order chi connectivity index (χ0) is 13.9. The second-order valence-corrected chi connectivity index (χ2v) is 6.09. The Labute approximate surface area is 133 Å². The molecule has 1 aromatic rings. The van der Waals surface area contributed by atoms with E-state index in [1.54, 1.807) is 0 Å². The standard InChI is InChI=1S/C17H24N2O.ClH/c1-13-4-5-15(17(20)19-10-2-3-11-19)12-16(13)14-6-8-18-9-7-14;/h4-5,12,14,18H,2-3,6-11H2,1H3;1H. The molecule has 2 heterocycles. The third kappa shape index (κ3) is 3.58. The lowest BCUT2D eigenvalue weighted by molar-refractivity contribution is 0.0792. The number of piperidine rings is 1. The van der Waals surface area contributed by atoms with Crippen molar-refractivity contribution in [3.8, 4) is 0 Å². The van der Waals surface area contributed by atoms with Gasteiger partial charge in [0, 0.05) is 18.7 Å². The summed E-state index contributed by atoms with van der Waals surface area (Å²) in [4.78, 5) is 14.5. The number of hydrogen-bond acceptors (Lipinski definition) is 2. The van der Waals surface area contributed by atoms with E-state index in [1.807, 2.05) is 11.0 Å². The molecule has 0 unspecified atom stereocenters. The van der Waals surface area contributed by atoms with Crippen LogP contribution >= 0.6 is 12.4 Å². The first-order valence-corrected chi connectivity index (χ1v) is 7.86. The number of nitrogens with one attached hydrogen (secondary N) is 1. The Morgan fingerprint density at radius 3 is 2.52 bits per heavy atom. The normalized spacial score (nSPS) is 19.4. The van der Waals surface area contributed by atoms with Gasteiger partial charge in [0.05, 0.1) is 0 Å². The highest BCUT2D eigenvalue weighted by atomic mass is 35.5. The summed E-state index contributed by atoms with van der Waals surface area (Å²) >= 11 is 0. The zero-order valence-electron chi connectivity index (χ0n) is 12.7. The van der Waals surface area contributed by atoms with Crippen molar-refractivity contribution >= 4 is 18.3 Å². The van der Waals surface area contributed by atoms with Crippen LogP contribution in [0, 0.1) is 6.92 Å². The highest BCUT2D eigenvalue weighted by Gasteiger charge is 2.22. The first-order chi connectivity index (χ1) is 9.75. The van der Waals surface area contributed by atoms with Gasteiger partial charge < -0.3 is 10.2 Å². The smallest absolute Gasteiger partial charge is 0.253 e. The fourth-order valence-electron chi connectivity index (χ4n) is 3.45. The van der Waals surface area contributed by atoms with Gasteiger partial charge in [-0.05, 0) is 74.9 Å². The highest BCUT2D eigenvalue weighted by Crippen LogP contribution is 2.29. The van der Waals surface area contributed by atoms with Gasteiger partial charge in [-0.15, -0.1) is 12.4 Å². The molecule has 1 N–H and O–H groups in total. The number of carbonyl (C=O) groups is 1. The summed E-state index contributed by atoms with van der Waals surface area (Å²) in [5.41, 5.74) is 3.59. The molecule has 2 saturated heterocycles. The molecule has 0 aliphatic carbocycles. The minimum atomic E-state index is 0. The lowest BCUT2D eigenvalue weighted by atomic mass is 9.86. The number of carbonyl (C=O) groups excluding carboxylic acids is 1. The fraction of sp³-hybridized carbons (Fsp3) is 0.588. The van der Waals surface area contributed by atoms with Crippen molar-refractivity contribution in [1.29, 1.82) is 0 Å². The van der Waals surface area contributed by atoms with Crippen molar-refractivity contribution in [3.63, 3.8) is 0 Å². The molecule has 1 amide bonds. The van der Waals surface area contributed by atoms with Crippen LogP contribution in [0.5, 0.6) is 0 Å². The predicted octanol–water partition coefficient (Wildman–Crippen LogP) is 3.12. The van der Waals surface area contributed by atoms with Gasteiger partial charge in [0.25, 0.3) is 5.91 Å². The SMILES string of the molecule is Cc1ccc(C(=O)N2CCCC2)cc1C1CCNCC1.Cl. The first kappa shape index (κ1) is 16.3. The second-order valence-electron chi connectivity index (χ2n) is 6.09. The van der Waals surface area contributed by atoms with Crippen molar-refractivity contribution in [1.82, 2.24) is 10.2 Å². The highest BCUT2D eigenvalue weighted by molar-refractivity contribution is 5.94. The topological polar surface area (TPSA) is 32.3 Å². The molecule has 4 heteroatoms. The summed E-state index contributed by atoms with van der Waals surface area (Å²) in [7, 11) is 0. The van der Waals surface area contributed by atoms with Gasteiger partial charge in [-0.1, -0.05) is 6.07 Å². The maximum atomic E-state index is 12.5. The molecule has 2 aliphatic rings. The van der Waals surface area contributed by atoms with Crippen LogP contribution in [-0.4, -0.2) is 37.0 Å². The Hall–Kier alpha value is -1.06. The average molecular weight is 309 g/mol. The summed E-state index contributed by atoms with van der Waals surface area (Å²) < 4.78 is 0. The molecule has 1 aromatic carbocycles. The average Bonchev–Trinajstić information content (AvgIpc) is 3.02. The van der Waals surface area contributed by atoms with E-state index in [0.29, 0.717) is 5.92 Å². The van der Waals surface area contributed by atoms with Crippen LogP contribution in [0.2, 0.25) is 0 Å². The Morgan fingerprint density at radius 2 is 1.86 bits per heavy atom. The van der Waals surface area contributed by atoms with Crippen LogP contribution < -0.4 is 5.32 Å². The van der Waals surface area contributed by atoms with E-state index >= 15 is 0 Å².